The molecule has 3 aromatic rings. The minimum atomic E-state index is -0.456. The molecule has 1 fully saturated rings. The molecule has 0 bridgehead atoms. The van der Waals surface area contributed by atoms with E-state index in [1.165, 1.54) is 0 Å². The van der Waals surface area contributed by atoms with Gasteiger partial charge in [-0.1, -0.05) is 18.2 Å². The molecular formula is C20H20N4O2S. The first kappa shape index (κ1) is 17.6. The Kier molecular flexibility index (Phi) is 5.11. The van der Waals surface area contributed by atoms with E-state index in [1.54, 1.807) is 17.8 Å². The van der Waals surface area contributed by atoms with Gasteiger partial charge >= 0.3 is 0 Å². The van der Waals surface area contributed by atoms with Crippen LogP contribution in [0.3, 0.4) is 0 Å². The van der Waals surface area contributed by atoms with Gasteiger partial charge in [0.05, 0.1) is 11.3 Å². The molecular weight excluding hydrogens is 360 g/mol. The average Bonchev–Trinajstić information content (AvgIpc) is 3.11. The summed E-state index contributed by atoms with van der Waals surface area (Å²) in [6.07, 6.45) is 5.51. The lowest BCUT2D eigenvalue weighted by atomic mass is 10.1. The monoisotopic (exact) mass is 380 g/mol. The summed E-state index contributed by atoms with van der Waals surface area (Å²) in [6.45, 7) is 0.677. The Morgan fingerprint density at radius 3 is 2.96 bits per heavy atom. The lowest BCUT2D eigenvalue weighted by molar-refractivity contribution is -0.124. The van der Waals surface area contributed by atoms with Crippen molar-refractivity contribution >= 4 is 29.2 Å². The summed E-state index contributed by atoms with van der Waals surface area (Å²) in [4.78, 5) is 30.1. The van der Waals surface area contributed by atoms with Gasteiger partial charge in [0.15, 0.2) is 0 Å². The molecule has 3 heterocycles. The smallest absolute Gasteiger partial charge is 0.253 e. The zero-order chi connectivity index (χ0) is 18.6. The third-order valence-electron chi connectivity index (χ3n) is 4.51. The van der Waals surface area contributed by atoms with E-state index in [0.717, 1.165) is 22.7 Å². The Morgan fingerprint density at radius 1 is 1.26 bits per heavy atom. The van der Waals surface area contributed by atoms with E-state index in [-0.39, 0.29) is 11.8 Å². The van der Waals surface area contributed by atoms with Crippen LogP contribution >= 0.6 is 11.8 Å². The maximum Gasteiger partial charge on any atom is 0.253 e. The number of aromatic nitrogens is 2. The van der Waals surface area contributed by atoms with Crippen molar-refractivity contribution in [1.82, 2.24) is 20.0 Å². The molecule has 6 nitrogen and oxygen atoms in total. The maximum absolute atomic E-state index is 12.7. The molecule has 2 N–H and O–H groups in total. The lowest BCUT2D eigenvalue weighted by Crippen LogP contribution is -2.50. The fourth-order valence-corrected chi connectivity index (χ4v) is 4.07. The van der Waals surface area contributed by atoms with Gasteiger partial charge in [0.25, 0.3) is 5.91 Å². The van der Waals surface area contributed by atoms with Crippen LogP contribution in [0.15, 0.2) is 59.8 Å². The predicted octanol–water partition coefficient (Wildman–Crippen LogP) is 2.64. The van der Waals surface area contributed by atoms with Crippen LogP contribution in [0.25, 0.3) is 5.65 Å². The van der Waals surface area contributed by atoms with Crippen molar-refractivity contribution in [2.45, 2.75) is 29.5 Å². The first-order valence-corrected chi connectivity index (χ1v) is 9.92. The highest BCUT2D eigenvalue weighted by molar-refractivity contribution is 7.98. The summed E-state index contributed by atoms with van der Waals surface area (Å²) < 4.78 is 1.98. The number of pyridine rings is 1. The zero-order valence-corrected chi connectivity index (χ0v) is 15.5. The van der Waals surface area contributed by atoms with E-state index in [2.05, 4.69) is 15.6 Å². The standard InChI is InChI=1S/C20H20N4O2S/c25-19(23-16-7-5-10-21-20(16)26)15-6-1-2-8-17(15)27-13-14-12-24-11-4-3-9-18(24)22-14/h1-4,6,8-9,11-12,16H,5,7,10,13H2,(H,21,26)(H,23,25). The second-order valence-electron chi connectivity index (χ2n) is 6.44. The Bertz CT molecular complexity index is 952. The van der Waals surface area contributed by atoms with E-state index in [0.29, 0.717) is 24.3 Å². The van der Waals surface area contributed by atoms with Crippen LogP contribution < -0.4 is 10.6 Å². The van der Waals surface area contributed by atoms with Gasteiger partial charge in [0.1, 0.15) is 11.7 Å². The highest BCUT2D eigenvalue weighted by atomic mass is 32.2. The number of amides is 2. The number of hydrogen-bond acceptors (Lipinski definition) is 4. The van der Waals surface area contributed by atoms with Gasteiger partial charge in [0.2, 0.25) is 5.91 Å². The van der Waals surface area contributed by atoms with Gasteiger partial charge in [-0.25, -0.2) is 4.98 Å². The van der Waals surface area contributed by atoms with Crippen LogP contribution in [0.1, 0.15) is 28.9 Å². The van der Waals surface area contributed by atoms with Crippen molar-refractivity contribution in [3.63, 3.8) is 0 Å². The number of imidazole rings is 1. The Morgan fingerprint density at radius 2 is 2.11 bits per heavy atom. The van der Waals surface area contributed by atoms with Gasteiger partial charge < -0.3 is 15.0 Å². The summed E-state index contributed by atoms with van der Waals surface area (Å²) in [7, 11) is 0. The number of hydrogen-bond donors (Lipinski definition) is 2. The van der Waals surface area contributed by atoms with E-state index < -0.39 is 6.04 Å². The van der Waals surface area contributed by atoms with Gasteiger partial charge in [-0.05, 0) is 37.1 Å². The fraction of sp³-hybridized carbons (Fsp3) is 0.250. The Balaban J connectivity index is 1.47. The van der Waals surface area contributed by atoms with Crippen molar-refractivity contribution < 1.29 is 9.59 Å². The van der Waals surface area contributed by atoms with E-state index in [1.807, 2.05) is 53.2 Å². The van der Waals surface area contributed by atoms with Crippen molar-refractivity contribution in [2.75, 3.05) is 6.54 Å². The number of nitrogens with zero attached hydrogens (tertiary/aromatic N) is 2. The molecule has 1 aliphatic heterocycles. The fourth-order valence-electron chi connectivity index (χ4n) is 3.13. The second-order valence-corrected chi connectivity index (χ2v) is 7.46. The molecule has 0 aliphatic carbocycles. The van der Waals surface area contributed by atoms with Crippen molar-refractivity contribution in [1.29, 1.82) is 0 Å². The summed E-state index contributed by atoms with van der Waals surface area (Å²) in [5, 5.41) is 5.65. The van der Waals surface area contributed by atoms with Gasteiger partial charge in [-0.15, -0.1) is 11.8 Å². The number of piperidine rings is 1. The Labute approximate surface area is 161 Å². The molecule has 1 aliphatic rings. The molecule has 1 aromatic carbocycles. The molecule has 0 spiro atoms. The quantitative estimate of drug-likeness (QED) is 0.667. The van der Waals surface area contributed by atoms with Crippen LogP contribution in [0, 0.1) is 0 Å². The molecule has 27 heavy (non-hydrogen) atoms. The summed E-state index contributed by atoms with van der Waals surface area (Å²) >= 11 is 1.57. The van der Waals surface area contributed by atoms with Crippen LogP contribution in [-0.2, 0) is 10.5 Å². The normalized spacial score (nSPS) is 16.9. The largest absolute Gasteiger partial charge is 0.354 e. The van der Waals surface area contributed by atoms with Crippen molar-refractivity contribution in [3.8, 4) is 0 Å². The molecule has 0 saturated carbocycles. The number of nitrogens with one attached hydrogen (secondary N) is 2. The maximum atomic E-state index is 12.7. The van der Waals surface area contributed by atoms with Crippen molar-refractivity contribution in [2.24, 2.45) is 0 Å². The summed E-state index contributed by atoms with van der Waals surface area (Å²) in [5.41, 5.74) is 2.44. The zero-order valence-electron chi connectivity index (χ0n) is 14.7. The number of carbonyl (C=O) groups excluding carboxylic acids is 2. The van der Waals surface area contributed by atoms with Crippen LogP contribution in [0.4, 0.5) is 0 Å². The van der Waals surface area contributed by atoms with Gasteiger partial charge in [-0.2, -0.15) is 0 Å². The number of thioether (sulfide) groups is 1. The molecule has 2 amide bonds. The molecule has 0 radical (unpaired) electrons. The molecule has 2 aromatic heterocycles. The molecule has 1 atom stereocenters. The highest BCUT2D eigenvalue weighted by Gasteiger charge is 2.24. The topological polar surface area (TPSA) is 75.5 Å². The van der Waals surface area contributed by atoms with E-state index in [4.69, 9.17) is 0 Å². The first-order chi connectivity index (χ1) is 13.2. The second kappa shape index (κ2) is 7.84. The molecule has 7 heteroatoms. The van der Waals surface area contributed by atoms with E-state index >= 15 is 0 Å². The third-order valence-corrected chi connectivity index (χ3v) is 5.62. The van der Waals surface area contributed by atoms with Crippen molar-refractivity contribution in [3.05, 3.63) is 66.1 Å². The predicted molar refractivity (Wildman–Crippen MR) is 105 cm³/mol. The van der Waals surface area contributed by atoms with Gasteiger partial charge in [0, 0.05) is 29.6 Å². The molecule has 1 saturated heterocycles. The Hall–Kier alpha value is -2.80. The minimum Gasteiger partial charge on any atom is -0.354 e. The van der Waals surface area contributed by atoms with Crippen LogP contribution in [0.2, 0.25) is 0 Å². The van der Waals surface area contributed by atoms with E-state index in [9.17, 15) is 9.59 Å². The average molecular weight is 380 g/mol. The number of fused-ring (bicyclic) bond motifs is 1. The third kappa shape index (κ3) is 3.98. The number of rotatable bonds is 5. The summed E-state index contributed by atoms with van der Waals surface area (Å²) in [5.74, 6) is 0.343. The molecule has 4 rings (SSSR count). The SMILES string of the molecule is O=C(NC1CCCNC1=O)c1ccccc1SCc1cn2ccccc2n1. The molecule has 138 valence electrons. The first-order valence-electron chi connectivity index (χ1n) is 8.94. The van der Waals surface area contributed by atoms with Crippen LogP contribution in [0.5, 0.6) is 0 Å². The highest BCUT2D eigenvalue weighted by Crippen LogP contribution is 2.26. The number of carbonyl (C=O) groups is 2. The molecule has 1 unspecified atom stereocenters. The van der Waals surface area contributed by atoms with Crippen LogP contribution in [-0.4, -0.2) is 33.8 Å². The number of benzene rings is 1. The summed E-state index contributed by atoms with van der Waals surface area (Å²) in [6, 6.07) is 12.9. The lowest BCUT2D eigenvalue weighted by Gasteiger charge is -2.23. The van der Waals surface area contributed by atoms with Gasteiger partial charge in [-0.3, -0.25) is 9.59 Å². The minimum absolute atomic E-state index is 0.107.